The molecule has 4 nitrogen and oxygen atoms in total. The van der Waals surface area contributed by atoms with Crippen molar-refractivity contribution in [1.29, 1.82) is 0 Å². The number of oxazole rings is 1. The third-order valence-electron chi connectivity index (χ3n) is 2.82. The number of aromatic nitrogens is 1. The maximum absolute atomic E-state index is 13.4. The second-order valence-corrected chi connectivity index (χ2v) is 4.52. The van der Waals surface area contributed by atoms with E-state index in [0.29, 0.717) is 0 Å². The minimum atomic E-state index is -6.52. The Morgan fingerprint density at radius 1 is 1.13 bits per heavy atom. The van der Waals surface area contributed by atoms with Crippen LogP contribution in [0, 0.1) is 0 Å². The first-order valence-electron chi connectivity index (χ1n) is 5.78. The molecule has 0 bridgehead atoms. The van der Waals surface area contributed by atoms with Crippen molar-refractivity contribution in [3.8, 4) is 0 Å². The van der Waals surface area contributed by atoms with Crippen LogP contribution < -0.4 is 5.11 Å². The van der Waals surface area contributed by atoms with E-state index in [0.717, 1.165) is 18.2 Å². The van der Waals surface area contributed by atoms with Crippen LogP contribution in [0.1, 0.15) is 11.5 Å². The van der Waals surface area contributed by atoms with E-state index in [1.807, 2.05) is 0 Å². The summed E-state index contributed by atoms with van der Waals surface area (Å²) < 4.78 is 93.3. The second-order valence-electron chi connectivity index (χ2n) is 4.52. The summed E-state index contributed by atoms with van der Waals surface area (Å²) in [6.45, 7) is 0. The molecule has 0 radical (unpaired) electrons. The van der Waals surface area contributed by atoms with Gasteiger partial charge in [-0.15, -0.1) is 0 Å². The summed E-state index contributed by atoms with van der Waals surface area (Å²) in [4.78, 5) is 13.3. The van der Waals surface area contributed by atoms with Crippen LogP contribution in [0.4, 0.5) is 30.7 Å². The van der Waals surface area contributed by atoms with E-state index in [4.69, 9.17) is 0 Å². The number of carbonyl (C=O) groups excluding carboxylic acids is 1. The molecule has 1 aromatic heterocycles. The van der Waals surface area contributed by atoms with Crippen LogP contribution in [0.25, 0.3) is 11.1 Å². The SMILES string of the molecule is O=C([O-])Cc1ccc2oc(C(F)(F)C(F)(F)C(F)(F)F)nc2c1. The fourth-order valence-corrected chi connectivity index (χ4v) is 1.70. The minimum Gasteiger partial charge on any atom is -0.550 e. The number of hydrogen-bond donors (Lipinski definition) is 0. The standard InChI is InChI=1S/C12H6F7NO3/c13-10(14,11(15,16)12(17,18)19)9-20-6-3-5(4-8(21)22)1-2-7(6)23-9/h1-3H,4H2,(H,21,22)/p-1. The van der Waals surface area contributed by atoms with E-state index in [1.165, 1.54) is 0 Å². The van der Waals surface area contributed by atoms with E-state index in [2.05, 4.69) is 9.40 Å². The Morgan fingerprint density at radius 2 is 1.74 bits per heavy atom. The van der Waals surface area contributed by atoms with Gasteiger partial charge in [-0.05, 0) is 17.7 Å². The third kappa shape index (κ3) is 2.82. The summed E-state index contributed by atoms with van der Waals surface area (Å²) in [6.07, 6.45) is -7.15. The highest BCUT2D eigenvalue weighted by Gasteiger charge is 2.75. The van der Waals surface area contributed by atoms with Crippen molar-refractivity contribution in [1.82, 2.24) is 4.98 Å². The zero-order chi connectivity index (χ0) is 17.6. The van der Waals surface area contributed by atoms with Gasteiger partial charge in [0.25, 0.3) is 5.89 Å². The van der Waals surface area contributed by atoms with Gasteiger partial charge in [-0.2, -0.15) is 30.7 Å². The number of aliphatic carboxylic acids is 1. The Hall–Kier alpha value is -2.33. The molecule has 0 saturated carbocycles. The largest absolute Gasteiger partial charge is 0.550 e. The molecular formula is C12H5F7NO3-. The van der Waals surface area contributed by atoms with Crippen molar-refractivity contribution in [3.05, 3.63) is 29.7 Å². The van der Waals surface area contributed by atoms with Crippen LogP contribution in [0.15, 0.2) is 22.6 Å². The fraction of sp³-hybridized carbons (Fsp3) is 0.333. The smallest absolute Gasteiger partial charge is 0.460 e. The Morgan fingerprint density at radius 3 is 2.26 bits per heavy atom. The molecule has 0 aliphatic carbocycles. The number of halogens is 7. The molecule has 126 valence electrons. The zero-order valence-corrected chi connectivity index (χ0v) is 10.8. The number of hydrogen-bond acceptors (Lipinski definition) is 4. The molecule has 2 aromatic rings. The number of carboxylic acids is 1. The maximum atomic E-state index is 13.4. The van der Waals surface area contributed by atoms with Gasteiger partial charge < -0.3 is 14.3 Å². The first-order valence-corrected chi connectivity index (χ1v) is 5.78. The molecule has 0 atom stereocenters. The molecule has 0 N–H and O–H groups in total. The monoisotopic (exact) mass is 344 g/mol. The molecule has 2 rings (SSSR count). The van der Waals surface area contributed by atoms with Crippen LogP contribution in [-0.2, 0) is 17.1 Å². The highest BCUT2D eigenvalue weighted by Crippen LogP contribution is 2.51. The number of fused-ring (bicyclic) bond motifs is 1. The minimum absolute atomic E-state index is 0.0169. The number of rotatable bonds is 4. The van der Waals surface area contributed by atoms with E-state index in [9.17, 15) is 40.6 Å². The van der Waals surface area contributed by atoms with Crippen molar-refractivity contribution in [2.75, 3.05) is 0 Å². The van der Waals surface area contributed by atoms with Crippen molar-refractivity contribution in [2.45, 2.75) is 24.4 Å². The summed E-state index contributed by atoms with van der Waals surface area (Å²) in [7, 11) is 0. The fourth-order valence-electron chi connectivity index (χ4n) is 1.70. The molecule has 0 unspecified atom stereocenters. The van der Waals surface area contributed by atoms with Gasteiger partial charge in [0, 0.05) is 12.4 Å². The summed E-state index contributed by atoms with van der Waals surface area (Å²) in [5.41, 5.74) is -0.973. The first kappa shape index (κ1) is 17.0. The summed E-state index contributed by atoms with van der Waals surface area (Å²) in [5, 5.41) is 10.4. The molecule has 0 saturated heterocycles. The molecule has 1 heterocycles. The maximum Gasteiger partial charge on any atom is 0.460 e. The Balaban J connectivity index is 2.49. The lowest BCUT2D eigenvalue weighted by Crippen LogP contribution is -2.50. The Kier molecular flexibility index (Phi) is 3.78. The molecule has 23 heavy (non-hydrogen) atoms. The van der Waals surface area contributed by atoms with Crippen molar-refractivity contribution < 1.29 is 45.1 Å². The topological polar surface area (TPSA) is 66.2 Å². The lowest BCUT2D eigenvalue weighted by molar-refractivity contribution is -0.363. The molecule has 1 aromatic carbocycles. The highest BCUT2D eigenvalue weighted by molar-refractivity contribution is 5.76. The first-order chi connectivity index (χ1) is 10.4. The summed E-state index contributed by atoms with van der Waals surface area (Å²) >= 11 is 0. The number of carboxylic acid groups (broad SMARTS) is 1. The third-order valence-corrected chi connectivity index (χ3v) is 2.82. The van der Waals surface area contributed by atoms with Gasteiger partial charge in [0.05, 0.1) is 0 Å². The van der Waals surface area contributed by atoms with Gasteiger partial charge in [0.15, 0.2) is 5.58 Å². The van der Waals surface area contributed by atoms with E-state index < -0.39 is 47.4 Å². The van der Waals surface area contributed by atoms with Crippen LogP contribution in [-0.4, -0.2) is 23.1 Å². The van der Waals surface area contributed by atoms with Gasteiger partial charge in [0.2, 0.25) is 0 Å². The number of alkyl halides is 7. The van der Waals surface area contributed by atoms with Crippen molar-refractivity contribution in [2.24, 2.45) is 0 Å². The lowest BCUT2D eigenvalue weighted by atomic mass is 10.1. The predicted octanol–water partition coefficient (Wildman–Crippen LogP) is 2.41. The second kappa shape index (κ2) is 5.10. The average Bonchev–Trinajstić information content (AvgIpc) is 2.80. The van der Waals surface area contributed by atoms with E-state index >= 15 is 0 Å². The number of benzene rings is 1. The quantitative estimate of drug-likeness (QED) is 0.799. The Labute approximate surface area is 122 Å². The van der Waals surface area contributed by atoms with Gasteiger partial charge in [-0.25, -0.2) is 4.98 Å². The normalized spacial score (nSPS) is 13.5. The molecule has 0 spiro atoms. The van der Waals surface area contributed by atoms with Gasteiger partial charge in [-0.3, -0.25) is 0 Å². The highest BCUT2D eigenvalue weighted by atomic mass is 19.4. The van der Waals surface area contributed by atoms with E-state index in [-0.39, 0.29) is 5.56 Å². The molecule has 0 aliphatic heterocycles. The number of carbonyl (C=O) groups is 1. The molecule has 11 heteroatoms. The number of nitrogens with zero attached hydrogens (tertiary/aromatic N) is 1. The van der Waals surface area contributed by atoms with Crippen LogP contribution in [0.2, 0.25) is 0 Å². The summed E-state index contributed by atoms with van der Waals surface area (Å²) in [6, 6.07) is 2.92. The predicted molar refractivity (Wildman–Crippen MR) is 57.6 cm³/mol. The molecule has 0 fully saturated rings. The van der Waals surface area contributed by atoms with Gasteiger partial charge in [0.1, 0.15) is 5.52 Å². The summed E-state index contributed by atoms with van der Waals surface area (Å²) in [5.74, 6) is -15.8. The molecular weight excluding hydrogens is 339 g/mol. The van der Waals surface area contributed by atoms with Gasteiger partial charge in [-0.1, -0.05) is 6.07 Å². The van der Waals surface area contributed by atoms with Crippen LogP contribution >= 0.6 is 0 Å². The van der Waals surface area contributed by atoms with Crippen molar-refractivity contribution >= 4 is 17.1 Å². The molecule has 0 aliphatic rings. The van der Waals surface area contributed by atoms with Crippen LogP contribution in [0.3, 0.4) is 0 Å². The molecule has 0 amide bonds. The Bertz CT molecular complexity index is 751. The zero-order valence-electron chi connectivity index (χ0n) is 10.8. The van der Waals surface area contributed by atoms with Crippen molar-refractivity contribution in [3.63, 3.8) is 0 Å². The van der Waals surface area contributed by atoms with Gasteiger partial charge >= 0.3 is 18.0 Å². The van der Waals surface area contributed by atoms with Crippen LogP contribution in [0.5, 0.6) is 0 Å². The van der Waals surface area contributed by atoms with E-state index in [1.54, 1.807) is 0 Å². The average molecular weight is 344 g/mol. The lowest BCUT2D eigenvalue weighted by Gasteiger charge is -2.25.